The van der Waals surface area contributed by atoms with E-state index in [4.69, 9.17) is 21.1 Å². The molecule has 1 aromatic heterocycles. The summed E-state index contributed by atoms with van der Waals surface area (Å²) in [5.74, 6) is 1.43. The van der Waals surface area contributed by atoms with Crippen molar-refractivity contribution in [1.29, 1.82) is 0 Å². The first kappa shape index (κ1) is 11.7. The minimum Gasteiger partial charge on any atom is -0.493 e. The molecular formula is C13H12ClNO2. The zero-order valence-electron chi connectivity index (χ0n) is 9.39. The fraction of sp³-hybridized carbons (Fsp3) is 0.154. The molecule has 0 amide bonds. The van der Waals surface area contributed by atoms with Crippen LogP contribution in [-0.2, 0) is 6.61 Å². The van der Waals surface area contributed by atoms with E-state index in [0.717, 1.165) is 11.3 Å². The number of hydrogen-bond donors (Lipinski definition) is 0. The Labute approximate surface area is 105 Å². The number of benzene rings is 1. The molecule has 4 heteroatoms. The van der Waals surface area contributed by atoms with Crippen molar-refractivity contribution in [1.82, 2.24) is 4.98 Å². The van der Waals surface area contributed by atoms with Gasteiger partial charge in [-0.2, -0.15) is 0 Å². The number of halogens is 1. The monoisotopic (exact) mass is 249 g/mol. The van der Waals surface area contributed by atoms with Crippen LogP contribution < -0.4 is 9.47 Å². The Balaban J connectivity index is 2.04. The smallest absolute Gasteiger partial charge is 0.161 e. The first-order valence-corrected chi connectivity index (χ1v) is 5.53. The Morgan fingerprint density at radius 2 is 1.88 bits per heavy atom. The number of nitrogens with zero attached hydrogens (tertiary/aromatic N) is 1. The lowest BCUT2D eigenvalue weighted by Crippen LogP contribution is -1.97. The van der Waals surface area contributed by atoms with Gasteiger partial charge in [-0.25, -0.2) is 4.98 Å². The maximum Gasteiger partial charge on any atom is 0.161 e. The Bertz CT molecular complexity index is 485. The van der Waals surface area contributed by atoms with Gasteiger partial charge in [-0.15, -0.1) is 0 Å². The molecule has 0 saturated carbocycles. The standard InChI is InChI=1S/C13H12ClNO2/c1-16-11-4-2-3-5-12(11)17-9-10-6-7-13(14)15-8-10/h2-8H,9H2,1H3. The van der Waals surface area contributed by atoms with Gasteiger partial charge in [-0.05, 0) is 18.2 Å². The molecule has 3 nitrogen and oxygen atoms in total. The summed E-state index contributed by atoms with van der Waals surface area (Å²) in [7, 11) is 1.62. The van der Waals surface area contributed by atoms with Gasteiger partial charge < -0.3 is 9.47 Å². The van der Waals surface area contributed by atoms with Gasteiger partial charge in [-0.3, -0.25) is 0 Å². The largest absolute Gasteiger partial charge is 0.493 e. The molecule has 0 atom stereocenters. The SMILES string of the molecule is COc1ccccc1OCc1ccc(Cl)nc1. The number of aromatic nitrogens is 1. The maximum absolute atomic E-state index is 5.70. The van der Waals surface area contributed by atoms with Crippen LogP contribution in [0, 0.1) is 0 Å². The molecule has 0 spiro atoms. The van der Waals surface area contributed by atoms with Crippen LogP contribution in [0.2, 0.25) is 5.15 Å². The van der Waals surface area contributed by atoms with Crippen molar-refractivity contribution in [2.24, 2.45) is 0 Å². The zero-order chi connectivity index (χ0) is 12.1. The lowest BCUT2D eigenvalue weighted by molar-refractivity contribution is 0.284. The van der Waals surface area contributed by atoms with E-state index in [9.17, 15) is 0 Å². The highest BCUT2D eigenvalue weighted by atomic mass is 35.5. The van der Waals surface area contributed by atoms with Crippen LogP contribution in [0.3, 0.4) is 0 Å². The number of hydrogen-bond acceptors (Lipinski definition) is 3. The summed E-state index contributed by atoms with van der Waals surface area (Å²) in [5, 5.41) is 0.478. The van der Waals surface area contributed by atoms with Crippen LogP contribution >= 0.6 is 11.6 Å². The molecule has 2 rings (SSSR count). The van der Waals surface area contributed by atoms with Crippen LogP contribution in [0.4, 0.5) is 0 Å². The second kappa shape index (κ2) is 5.55. The molecule has 0 aliphatic heterocycles. The van der Waals surface area contributed by atoms with Gasteiger partial charge in [0.1, 0.15) is 11.8 Å². The summed E-state index contributed by atoms with van der Waals surface area (Å²) >= 11 is 5.70. The van der Waals surface area contributed by atoms with Gasteiger partial charge in [0.2, 0.25) is 0 Å². The third kappa shape index (κ3) is 3.11. The van der Waals surface area contributed by atoms with E-state index in [-0.39, 0.29) is 0 Å². The number of rotatable bonds is 4. The summed E-state index contributed by atoms with van der Waals surface area (Å²) < 4.78 is 10.8. The molecule has 88 valence electrons. The van der Waals surface area contributed by atoms with Gasteiger partial charge >= 0.3 is 0 Å². The number of methoxy groups -OCH3 is 1. The molecule has 0 bridgehead atoms. The van der Waals surface area contributed by atoms with Crippen molar-refractivity contribution in [3.05, 3.63) is 53.3 Å². The highest BCUT2D eigenvalue weighted by molar-refractivity contribution is 6.29. The maximum atomic E-state index is 5.70. The molecular weight excluding hydrogens is 238 g/mol. The lowest BCUT2D eigenvalue weighted by Gasteiger charge is -2.09. The third-order valence-corrected chi connectivity index (χ3v) is 2.48. The van der Waals surface area contributed by atoms with Gasteiger partial charge in [-0.1, -0.05) is 29.8 Å². The second-order valence-corrected chi connectivity index (χ2v) is 3.82. The van der Waals surface area contributed by atoms with Crippen LogP contribution in [0.5, 0.6) is 11.5 Å². The van der Waals surface area contributed by atoms with Crippen molar-refractivity contribution in [2.45, 2.75) is 6.61 Å². The van der Waals surface area contributed by atoms with Crippen molar-refractivity contribution >= 4 is 11.6 Å². The minimum atomic E-state index is 0.435. The quantitative estimate of drug-likeness (QED) is 0.779. The number of pyridine rings is 1. The fourth-order valence-corrected chi connectivity index (χ4v) is 1.50. The average Bonchev–Trinajstić information content (AvgIpc) is 2.38. The molecule has 0 unspecified atom stereocenters. The predicted octanol–water partition coefficient (Wildman–Crippen LogP) is 3.32. The second-order valence-electron chi connectivity index (χ2n) is 3.43. The molecule has 2 aromatic rings. The summed E-state index contributed by atoms with van der Waals surface area (Å²) in [6.45, 7) is 0.435. The van der Waals surface area contributed by atoms with Crippen molar-refractivity contribution in [3.8, 4) is 11.5 Å². The Kier molecular flexibility index (Phi) is 3.83. The lowest BCUT2D eigenvalue weighted by atomic mass is 10.3. The topological polar surface area (TPSA) is 31.4 Å². The van der Waals surface area contributed by atoms with Crippen molar-refractivity contribution in [3.63, 3.8) is 0 Å². The Hall–Kier alpha value is -1.74. The highest BCUT2D eigenvalue weighted by Crippen LogP contribution is 2.26. The third-order valence-electron chi connectivity index (χ3n) is 2.25. The van der Waals surface area contributed by atoms with E-state index < -0.39 is 0 Å². The van der Waals surface area contributed by atoms with Crippen LogP contribution in [-0.4, -0.2) is 12.1 Å². The van der Waals surface area contributed by atoms with E-state index in [0.29, 0.717) is 17.5 Å². The molecule has 0 saturated heterocycles. The molecule has 0 N–H and O–H groups in total. The van der Waals surface area contributed by atoms with E-state index in [1.807, 2.05) is 30.3 Å². The average molecular weight is 250 g/mol. The van der Waals surface area contributed by atoms with Gasteiger partial charge in [0.25, 0.3) is 0 Å². The molecule has 0 radical (unpaired) electrons. The van der Waals surface area contributed by atoms with E-state index in [1.165, 1.54) is 0 Å². The van der Waals surface area contributed by atoms with Crippen molar-refractivity contribution < 1.29 is 9.47 Å². The first-order chi connectivity index (χ1) is 8.29. The summed E-state index contributed by atoms with van der Waals surface area (Å²) in [5.41, 5.74) is 0.959. The fourth-order valence-electron chi connectivity index (χ4n) is 1.39. The molecule has 0 aliphatic rings. The summed E-state index contributed by atoms with van der Waals surface area (Å²) in [6, 6.07) is 11.1. The molecule has 0 aliphatic carbocycles. The molecule has 1 heterocycles. The van der Waals surface area contributed by atoms with Crippen LogP contribution in [0.1, 0.15) is 5.56 Å². The zero-order valence-corrected chi connectivity index (χ0v) is 10.1. The van der Waals surface area contributed by atoms with E-state index in [2.05, 4.69) is 4.98 Å². The Morgan fingerprint density at radius 3 is 2.53 bits per heavy atom. The minimum absolute atomic E-state index is 0.435. The van der Waals surface area contributed by atoms with Gasteiger partial charge in [0.05, 0.1) is 7.11 Å². The van der Waals surface area contributed by atoms with E-state index in [1.54, 1.807) is 19.4 Å². The highest BCUT2D eigenvalue weighted by Gasteiger charge is 2.02. The normalized spacial score (nSPS) is 10.0. The molecule has 0 fully saturated rings. The molecule has 1 aromatic carbocycles. The first-order valence-electron chi connectivity index (χ1n) is 5.16. The predicted molar refractivity (Wildman–Crippen MR) is 66.6 cm³/mol. The van der Waals surface area contributed by atoms with Crippen molar-refractivity contribution in [2.75, 3.05) is 7.11 Å². The number of para-hydroxylation sites is 2. The van der Waals surface area contributed by atoms with E-state index >= 15 is 0 Å². The Morgan fingerprint density at radius 1 is 1.12 bits per heavy atom. The van der Waals surface area contributed by atoms with Gasteiger partial charge in [0, 0.05) is 11.8 Å². The summed E-state index contributed by atoms with van der Waals surface area (Å²) in [4.78, 5) is 3.99. The summed E-state index contributed by atoms with van der Waals surface area (Å²) in [6.07, 6.45) is 1.69. The molecule has 17 heavy (non-hydrogen) atoms. The van der Waals surface area contributed by atoms with Crippen LogP contribution in [0.15, 0.2) is 42.6 Å². The van der Waals surface area contributed by atoms with Crippen LogP contribution in [0.25, 0.3) is 0 Å². The number of ether oxygens (including phenoxy) is 2. The van der Waals surface area contributed by atoms with Gasteiger partial charge in [0.15, 0.2) is 11.5 Å².